The molecule has 1 amide bonds. The third kappa shape index (κ3) is 3.41. The van der Waals surface area contributed by atoms with Crippen LogP contribution in [-0.2, 0) is 13.1 Å². The second kappa shape index (κ2) is 6.35. The van der Waals surface area contributed by atoms with E-state index in [9.17, 15) is 9.90 Å². The van der Waals surface area contributed by atoms with E-state index in [1.54, 1.807) is 17.2 Å². The highest BCUT2D eigenvalue weighted by Crippen LogP contribution is 2.20. The molecule has 1 atom stereocenters. The number of fused-ring (bicyclic) bond motifs is 1. The molecule has 0 fully saturated rings. The first-order valence-corrected chi connectivity index (χ1v) is 7.84. The number of aromatic amines is 1. The average Bonchev–Trinajstić information content (AvgIpc) is 3.11. The predicted molar refractivity (Wildman–Crippen MR) is 86.3 cm³/mol. The van der Waals surface area contributed by atoms with Gasteiger partial charge in [-0.25, -0.2) is 0 Å². The van der Waals surface area contributed by atoms with Gasteiger partial charge in [0.05, 0.1) is 29.5 Å². The third-order valence-corrected chi connectivity index (χ3v) is 4.08. The number of aliphatic hydroxyl groups is 1. The number of H-pyrrole nitrogens is 1. The summed E-state index contributed by atoms with van der Waals surface area (Å²) in [6.45, 7) is 2.18. The van der Waals surface area contributed by atoms with Crippen molar-refractivity contribution in [3.05, 3.63) is 40.4 Å². The quantitative estimate of drug-likeness (QED) is 0.876. The van der Waals surface area contributed by atoms with Crippen molar-refractivity contribution in [1.82, 2.24) is 24.6 Å². The zero-order valence-electron chi connectivity index (χ0n) is 13.2. The molecule has 2 aromatic heterocycles. The number of aromatic nitrogens is 3. The number of aliphatic hydroxyl groups excluding tert-OH is 1. The minimum Gasteiger partial charge on any atom is -0.385 e. The maximum atomic E-state index is 12.5. The Morgan fingerprint density at radius 1 is 1.48 bits per heavy atom. The standard InChI is InChI=1S/C15H20ClN5O2/c1-19(2)9-14(22)12-6-11-8-20(3-4-21(11)18-12)15(23)13-5-10(16)7-17-13/h5-7,14,17,22H,3-4,8-9H2,1-2H3. The van der Waals surface area contributed by atoms with Crippen LogP contribution in [0.4, 0.5) is 0 Å². The van der Waals surface area contributed by atoms with Gasteiger partial charge in [-0.15, -0.1) is 0 Å². The molecule has 1 aliphatic rings. The summed E-state index contributed by atoms with van der Waals surface area (Å²) in [5, 5.41) is 15.1. The van der Waals surface area contributed by atoms with Crippen molar-refractivity contribution in [2.75, 3.05) is 27.2 Å². The van der Waals surface area contributed by atoms with Crippen molar-refractivity contribution in [2.24, 2.45) is 0 Å². The van der Waals surface area contributed by atoms with Crippen molar-refractivity contribution < 1.29 is 9.90 Å². The first-order chi connectivity index (χ1) is 10.9. The number of rotatable bonds is 4. The van der Waals surface area contributed by atoms with E-state index in [4.69, 9.17) is 11.6 Å². The minimum absolute atomic E-state index is 0.0836. The molecular formula is C15H20ClN5O2. The molecule has 1 aliphatic heterocycles. The van der Waals surface area contributed by atoms with Gasteiger partial charge in [-0.1, -0.05) is 11.6 Å². The maximum Gasteiger partial charge on any atom is 0.270 e. The van der Waals surface area contributed by atoms with Crippen LogP contribution in [-0.4, -0.2) is 62.8 Å². The molecule has 23 heavy (non-hydrogen) atoms. The molecule has 8 heteroatoms. The van der Waals surface area contributed by atoms with E-state index in [-0.39, 0.29) is 5.91 Å². The lowest BCUT2D eigenvalue weighted by Crippen LogP contribution is -2.38. The number of halogens is 1. The Morgan fingerprint density at radius 2 is 2.26 bits per heavy atom. The number of nitrogens with zero attached hydrogens (tertiary/aromatic N) is 4. The van der Waals surface area contributed by atoms with Gasteiger partial charge in [-0.2, -0.15) is 5.10 Å². The molecule has 0 aliphatic carbocycles. The molecule has 124 valence electrons. The summed E-state index contributed by atoms with van der Waals surface area (Å²) in [7, 11) is 3.81. The van der Waals surface area contributed by atoms with Crippen molar-refractivity contribution in [3.63, 3.8) is 0 Å². The van der Waals surface area contributed by atoms with Gasteiger partial charge in [0.2, 0.25) is 0 Å². The molecule has 0 bridgehead atoms. The highest BCUT2D eigenvalue weighted by Gasteiger charge is 2.25. The fourth-order valence-electron chi connectivity index (χ4n) is 2.73. The van der Waals surface area contributed by atoms with Gasteiger partial charge in [0.25, 0.3) is 5.91 Å². The van der Waals surface area contributed by atoms with Gasteiger partial charge in [0.1, 0.15) is 11.8 Å². The first kappa shape index (κ1) is 16.0. The van der Waals surface area contributed by atoms with Crippen molar-refractivity contribution in [1.29, 1.82) is 0 Å². The van der Waals surface area contributed by atoms with E-state index in [0.29, 0.717) is 42.6 Å². The van der Waals surface area contributed by atoms with E-state index in [1.807, 2.05) is 29.7 Å². The van der Waals surface area contributed by atoms with E-state index >= 15 is 0 Å². The smallest absolute Gasteiger partial charge is 0.270 e. The molecule has 0 saturated heterocycles. The van der Waals surface area contributed by atoms with E-state index in [1.165, 1.54) is 0 Å². The Labute approximate surface area is 139 Å². The molecule has 1 unspecified atom stereocenters. The fraction of sp³-hybridized carbons (Fsp3) is 0.467. The van der Waals surface area contributed by atoms with Crippen LogP contribution in [0.1, 0.15) is 28.0 Å². The van der Waals surface area contributed by atoms with Crippen molar-refractivity contribution >= 4 is 17.5 Å². The molecule has 2 aromatic rings. The number of hydrogen-bond acceptors (Lipinski definition) is 4. The van der Waals surface area contributed by atoms with Gasteiger partial charge in [-0.3, -0.25) is 9.48 Å². The lowest BCUT2D eigenvalue weighted by molar-refractivity contribution is 0.0700. The molecule has 3 heterocycles. The topological polar surface area (TPSA) is 77.4 Å². The number of carbonyl (C=O) groups is 1. The summed E-state index contributed by atoms with van der Waals surface area (Å²) in [5.41, 5.74) is 2.05. The van der Waals surface area contributed by atoms with Crippen LogP contribution in [0.5, 0.6) is 0 Å². The number of nitrogens with one attached hydrogen (secondary N) is 1. The SMILES string of the molecule is CN(C)CC(O)c1cc2n(n1)CCN(C(=O)c1cc(Cl)c[nH]1)C2. The Kier molecular flexibility index (Phi) is 4.43. The fourth-order valence-corrected chi connectivity index (χ4v) is 2.89. The summed E-state index contributed by atoms with van der Waals surface area (Å²) in [5.74, 6) is -0.0836. The normalized spacial score (nSPS) is 15.8. The lowest BCUT2D eigenvalue weighted by atomic mass is 10.2. The zero-order valence-corrected chi connectivity index (χ0v) is 13.9. The zero-order chi connectivity index (χ0) is 16.6. The number of amides is 1. The summed E-state index contributed by atoms with van der Waals surface area (Å²) in [6, 6.07) is 3.50. The van der Waals surface area contributed by atoms with Crippen molar-refractivity contribution in [3.8, 4) is 0 Å². The number of likely N-dealkylation sites (N-methyl/N-ethyl adjacent to an activating group) is 1. The third-order valence-electron chi connectivity index (χ3n) is 3.86. The maximum absolute atomic E-state index is 12.5. The Bertz CT molecular complexity index is 709. The van der Waals surface area contributed by atoms with Gasteiger partial charge in [-0.05, 0) is 26.2 Å². The van der Waals surface area contributed by atoms with Crippen LogP contribution in [0.15, 0.2) is 18.3 Å². The highest BCUT2D eigenvalue weighted by molar-refractivity contribution is 6.30. The molecule has 0 radical (unpaired) electrons. The average molecular weight is 338 g/mol. The Morgan fingerprint density at radius 3 is 2.91 bits per heavy atom. The molecule has 2 N–H and O–H groups in total. The van der Waals surface area contributed by atoms with Gasteiger partial charge in [0, 0.05) is 19.3 Å². The van der Waals surface area contributed by atoms with Gasteiger partial charge in [0.15, 0.2) is 0 Å². The second-order valence-corrected chi connectivity index (χ2v) is 6.46. The van der Waals surface area contributed by atoms with Crippen LogP contribution in [0.2, 0.25) is 5.02 Å². The predicted octanol–water partition coefficient (Wildman–Crippen LogP) is 1.12. The van der Waals surface area contributed by atoms with Crippen LogP contribution in [0.3, 0.4) is 0 Å². The van der Waals surface area contributed by atoms with E-state index < -0.39 is 6.10 Å². The first-order valence-electron chi connectivity index (χ1n) is 7.46. The summed E-state index contributed by atoms with van der Waals surface area (Å²) in [4.78, 5) is 19.0. The largest absolute Gasteiger partial charge is 0.385 e. The number of carbonyl (C=O) groups excluding carboxylic acids is 1. The van der Waals surface area contributed by atoms with Crippen LogP contribution in [0, 0.1) is 0 Å². The number of hydrogen-bond donors (Lipinski definition) is 2. The second-order valence-electron chi connectivity index (χ2n) is 6.02. The van der Waals surface area contributed by atoms with Crippen LogP contribution >= 0.6 is 11.6 Å². The van der Waals surface area contributed by atoms with E-state index in [2.05, 4.69) is 10.1 Å². The summed E-state index contributed by atoms with van der Waals surface area (Å²) >= 11 is 5.86. The van der Waals surface area contributed by atoms with Crippen LogP contribution in [0.25, 0.3) is 0 Å². The van der Waals surface area contributed by atoms with Crippen LogP contribution < -0.4 is 0 Å². The minimum atomic E-state index is -0.630. The molecular weight excluding hydrogens is 318 g/mol. The van der Waals surface area contributed by atoms with Crippen molar-refractivity contribution in [2.45, 2.75) is 19.2 Å². The van der Waals surface area contributed by atoms with Gasteiger partial charge >= 0.3 is 0 Å². The molecule has 7 nitrogen and oxygen atoms in total. The highest BCUT2D eigenvalue weighted by atomic mass is 35.5. The monoisotopic (exact) mass is 337 g/mol. The Balaban J connectivity index is 1.73. The molecule has 3 rings (SSSR count). The summed E-state index contributed by atoms with van der Waals surface area (Å²) < 4.78 is 1.86. The van der Waals surface area contributed by atoms with Gasteiger partial charge < -0.3 is 19.9 Å². The molecule has 0 aromatic carbocycles. The lowest BCUT2D eigenvalue weighted by Gasteiger charge is -2.27. The van der Waals surface area contributed by atoms with E-state index in [0.717, 1.165) is 5.69 Å². The Hall–Kier alpha value is -1.83. The summed E-state index contributed by atoms with van der Waals surface area (Å²) in [6.07, 6.45) is 0.966. The molecule has 0 saturated carbocycles. The molecule has 0 spiro atoms.